The number of ether oxygens (including phenoxy) is 1. The molecule has 0 atom stereocenters. The minimum absolute atomic E-state index is 0.0992. The molecule has 6 nitrogen and oxygen atoms in total. The Labute approximate surface area is 160 Å². The van der Waals surface area contributed by atoms with Crippen LogP contribution in [-0.4, -0.2) is 20.9 Å². The van der Waals surface area contributed by atoms with E-state index in [1.54, 1.807) is 18.3 Å². The molecule has 0 fully saturated rings. The Kier molecular flexibility index (Phi) is 5.88. The Morgan fingerprint density at radius 3 is 2.68 bits per heavy atom. The Morgan fingerprint density at radius 1 is 1.11 bits per heavy atom. The molecule has 1 N–H and O–H groups in total. The van der Waals surface area contributed by atoms with Crippen molar-refractivity contribution in [3.05, 3.63) is 77.5 Å². The van der Waals surface area contributed by atoms with Gasteiger partial charge in [-0.15, -0.1) is 0 Å². The first-order valence-electron chi connectivity index (χ1n) is 8.62. The molecule has 0 radical (unpaired) electrons. The quantitative estimate of drug-likeness (QED) is 0.695. The molecule has 8 heteroatoms. The number of rotatable bonds is 6. The third-order valence-electron chi connectivity index (χ3n) is 3.82. The van der Waals surface area contributed by atoms with Gasteiger partial charge in [0.05, 0.1) is 0 Å². The number of carbonyl (C=O) groups is 1. The first-order valence-corrected chi connectivity index (χ1v) is 8.62. The second-order valence-corrected chi connectivity index (χ2v) is 6.28. The highest BCUT2D eigenvalue weighted by Crippen LogP contribution is 2.24. The number of hydrogen-bond acceptors (Lipinski definition) is 5. The fourth-order valence-corrected chi connectivity index (χ4v) is 2.35. The lowest BCUT2D eigenvalue weighted by Crippen LogP contribution is -2.24. The smallest absolute Gasteiger partial charge is 0.270 e. The van der Waals surface area contributed by atoms with Gasteiger partial charge in [-0.25, -0.2) is 23.7 Å². The minimum Gasteiger partial charge on any atom is -0.439 e. The van der Waals surface area contributed by atoms with Crippen molar-refractivity contribution in [1.29, 1.82) is 0 Å². The van der Waals surface area contributed by atoms with Gasteiger partial charge in [-0.2, -0.15) is 0 Å². The molecule has 3 aromatic rings. The number of pyridine rings is 1. The number of aromatic nitrogens is 3. The lowest BCUT2D eigenvalue weighted by molar-refractivity contribution is 0.0945. The highest BCUT2D eigenvalue weighted by molar-refractivity contribution is 5.92. The molecule has 0 aliphatic carbocycles. The number of hydrogen-bond donors (Lipinski definition) is 1. The summed E-state index contributed by atoms with van der Waals surface area (Å²) in [6, 6.07) is 8.12. The van der Waals surface area contributed by atoms with Crippen molar-refractivity contribution in [2.75, 3.05) is 0 Å². The van der Waals surface area contributed by atoms with Gasteiger partial charge >= 0.3 is 0 Å². The number of carbonyl (C=O) groups excluding carboxylic acids is 1. The molecule has 0 aliphatic rings. The topological polar surface area (TPSA) is 77.0 Å². The van der Waals surface area contributed by atoms with Crippen molar-refractivity contribution in [2.24, 2.45) is 0 Å². The van der Waals surface area contributed by atoms with Crippen molar-refractivity contribution in [3.8, 4) is 11.6 Å². The van der Waals surface area contributed by atoms with Crippen LogP contribution >= 0.6 is 0 Å². The highest BCUT2D eigenvalue weighted by atomic mass is 19.2. The summed E-state index contributed by atoms with van der Waals surface area (Å²) in [5.41, 5.74) is 0.824. The Balaban J connectivity index is 1.72. The Morgan fingerprint density at radius 2 is 1.93 bits per heavy atom. The molecule has 0 saturated heterocycles. The molecule has 0 saturated carbocycles. The molecule has 0 spiro atoms. The number of nitrogens with zero attached hydrogens (tertiary/aromatic N) is 3. The molecular weight excluding hydrogens is 366 g/mol. The molecule has 0 unspecified atom stereocenters. The van der Waals surface area contributed by atoms with Crippen molar-refractivity contribution in [3.63, 3.8) is 0 Å². The third kappa shape index (κ3) is 4.64. The molecule has 1 amide bonds. The zero-order chi connectivity index (χ0) is 20.1. The molecule has 2 heterocycles. The minimum atomic E-state index is -1.02. The zero-order valence-electron chi connectivity index (χ0n) is 15.3. The van der Waals surface area contributed by atoms with Crippen LogP contribution < -0.4 is 10.1 Å². The third-order valence-corrected chi connectivity index (χ3v) is 3.82. The molecule has 0 aliphatic heterocycles. The predicted octanol–water partition coefficient (Wildman–Crippen LogP) is 4.00. The van der Waals surface area contributed by atoms with Gasteiger partial charge in [-0.3, -0.25) is 4.79 Å². The first-order chi connectivity index (χ1) is 13.4. The monoisotopic (exact) mass is 384 g/mol. The van der Waals surface area contributed by atoms with E-state index < -0.39 is 11.6 Å². The van der Waals surface area contributed by atoms with E-state index in [-0.39, 0.29) is 35.7 Å². The van der Waals surface area contributed by atoms with E-state index in [0.29, 0.717) is 11.4 Å². The van der Waals surface area contributed by atoms with Crippen molar-refractivity contribution >= 4 is 5.91 Å². The molecule has 1 aromatic carbocycles. The van der Waals surface area contributed by atoms with Crippen LogP contribution in [0.15, 0.2) is 48.8 Å². The first kappa shape index (κ1) is 19.3. The van der Waals surface area contributed by atoms with Gasteiger partial charge in [-0.05, 0) is 24.3 Å². The summed E-state index contributed by atoms with van der Waals surface area (Å²) in [6.45, 7) is 4.00. The summed E-state index contributed by atoms with van der Waals surface area (Å²) >= 11 is 0. The second-order valence-electron chi connectivity index (χ2n) is 6.28. The summed E-state index contributed by atoms with van der Waals surface area (Å²) < 4.78 is 32.0. The van der Waals surface area contributed by atoms with Crippen LogP contribution in [0.25, 0.3) is 0 Å². The van der Waals surface area contributed by atoms with E-state index in [2.05, 4.69) is 20.3 Å². The molecule has 3 rings (SSSR count). The van der Waals surface area contributed by atoms with E-state index >= 15 is 0 Å². The number of amides is 1. The molecule has 28 heavy (non-hydrogen) atoms. The maximum atomic E-state index is 13.4. The normalized spacial score (nSPS) is 10.8. The Bertz CT molecular complexity index is 995. The summed E-state index contributed by atoms with van der Waals surface area (Å²) in [5, 5.41) is 2.74. The standard InChI is InChI=1S/C20H18F2N4O2/c1-12(2)18-23-9-7-17(26-18)19(27)25-11-13-4-3-8-24-20(13)28-14-5-6-15(21)16(22)10-14/h3-10,12H,11H2,1-2H3,(H,25,27). The van der Waals surface area contributed by atoms with Gasteiger partial charge in [0.25, 0.3) is 5.91 Å². The number of halogens is 2. The highest BCUT2D eigenvalue weighted by Gasteiger charge is 2.13. The maximum Gasteiger partial charge on any atom is 0.270 e. The van der Waals surface area contributed by atoms with Gasteiger partial charge in [0.15, 0.2) is 11.6 Å². The van der Waals surface area contributed by atoms with Crippen LogP contribution in [0.3, 0.4) is 0 Å². The van der Waals surface area contributed by atoms with Crippen LogP contribution in [0.1, 0.15) is 41.6 Å². The largest absolute Gasteiger partial charge is 0.439 e. The van der Waals surface area contributed by atoms with Gasteiger partial charge in [0, 0.05) is 36.5 Å². The van der Waals surface area contributed by atoms with Crippen molar-refractivity contribution in [2.45, 2.75) is 26.3 Å². The average Bonchev–Trinajstić information content (AvgIpc) is 2.70. The summed E-state index contributed by atoms with van der Waals surface area (Å²) in [4.78, 5) is 24.9. The molecule has 0 bridgehead atoms. The molecular formula is C20H18F2N4O2. The van der Waals surface area contributed by atoms with E-state index in [1.807, 2.05) is 13.8 Å². The van der Waals surface area contributed by atoms with Crippen molar-refractivity contribution < 1.29 is 18.3 Å². The van der Waals surface area contributed by atoms with Crippen molar-refractivity contribution in [1.82, 2.24) is 20.3 Å². The lowest BCUT2D eigenvalue weighted by atomic mass is 10.2. The predicted molar refractivity (Wildman–Crippen MR) is 98.0 cm³/mol. The van der Waals surface area contributed by atoms with Crippen LogP contribution in [0.4, 0.5) is 8.78 Å². The van der Waals surface area contributed by atoms with E-state index in [9.17, 15) is 13.6 Å². The fourth-order valence-electron chi connectivity index (χ4n) is 2.35. The summed E-state index contributed by atoms with van der Waals surface area (Å²) in [6.07, 6.45) is 3.04. The summed E-state index contributed by atoms with van der Waals surface area (Å²) in [5.74, 6) is -1.40. The SMILES string of the molecule is CC(C)c1nccc(C(=O)NCc2cccnc2Oc2ccc(F)c(F)c2)n1. The summed E-state index contributed by atoms with van der Waals surface area (Å²) in [7, 11) is 0. The van der Waals surface area contributed by atoms with E-state index in [0.717, 1.165) is 12.1 Å². The molecule has 2 aromatic heterocycles. The van der Waals surface area contributed by atoms with Crippen LogP contribution in [0, 0.1) is 11.6 Å². The van der Waals surface area contributed by atoms with Gasteiger partial charge in [0.2, 0.25) is 5.88 Å². The number of nitrogens with one attached hydrogen (secondary N) is 1. The van der Waals surface area contributed by atoms with Crippen LogP contribution in [0.5, 0.6) is 11.6 Å². The van der Waals surface area contributed by atoms with Gasteiger partial charge < -0.3 is 10.1 Å². The fraction of sp³-hybridized carbons (Fsp3) is 0.200. The van der Waals surface area contributed by atoms with E-state index in [4.69, 9.17) is 4.74 Å². The molecule has 144 valence electrons. The van der Waals surface area contributed by atoms with Gasteiger partial charge in [-0.1, -0.05) is 19.9 Å². The van der Waals surface area contributed by atoms with E-state index in [1.165, 1.54) is 18.3 Å². The second kappa shape index (κ2) is 8.51. The van der Waals surface area contributed by atoms with Gasteiger partial charge in [0.1, 0.15) is 17.3 Å². The Hall–Kier alpha value is -3.42. The maximum absolute atomic E-state index is 13.4. The van der Waals surface area contributed by atoms with Crippen LogP contribution in [0.2, 0.25) is 0 Å². The zero-order valence-corrected chi connectivity index (χ0v) is 15.3. The average molecular weight is 384 g/mol. The lowest BCUT2D eigenvalue weighted by Gasteiger charge is -2.11. The number of benzene rings is 1. The van der Waals surface area contributed by atoms with Crippen LogP contribution in [-0.2, 0) is 6.54 Å².